The summed E-state index contributed by atoms with van der Waals surface area (Å²) < 4.78 is 0. The summed E-state index contributed by atoms with van der Waals surface area (Å²) in [6.45, 7) is 6.96. The number of anilines is 1. The zero-order chi connectivity index (χ0) is 13.7. The van der Waals surface area contributed by atoms with Crippen molar-refractivity contribution in [2.24, 2.45) is 0 Å². The number of nitrogens with one attached hydrogen (secondary N) is 1. The standard InChI is InChI=1S/C11H16Cl2N4O/c1-4-17(5-2)10(18)7(3)15-9-8(12)6-14-11(13)16-9/h6-7H,4-5H2,1-3H3,(H,14,15,16). The lowest BCUT2D eigenvalue weighted by molar-refractivity contribution is -0.131. The van der Waals surface area contributed by atoms with Crippen LogP contribution in [0.5, 0.6) is 0 Å². The number of carbonyl (C=O) groups excluding carboxylic acids is 1. The third-order valence-electron chi connectivity index (χ3n) is 2.51. The Morgan fingerprint density at radius 2 is 2.06 bits per heavy atom. The van der Waals surface area contributed by atoms with Crippen molar-refractivity contribution >= 4 is 34.9 Å². The van der Waals surface area contributed by atoms with E-state index in [0.717, 1.165) is 0 Å². The van der Waals surface area contributed by atoms with Crippen LogP contribution in [0.3, 0.4) is 0 Å². The maximum absolute atomic E-state index is 12.0. The average Bonchev–Trinajstić information content (AvgIpc) is 2.35. The van der Waals surface area contributed by atoms with E-state index in [1.54, 1.807) is 11.8 Å². The van der Waals surface area contributed by atoms with Crippen molar-refractivity contribution in [3.8, 4) is 0 Å². The molecule has 0 aliphatic rings. The summed E-state index contributed by atoms with van der Waals surface area (Å²) in [6, 6.07) is -0.423. The molecule has 0 spiro atoms. The predicted octanol–water partition coefficient (Wildman–Crippen LogP) is 2.45. The Bertz CT molecular complexity index is 424. The van der Waals surface area contributed by atoms with Crippen molar-refractivity contribution in [1.82, 2.24) is 14.9 Å². The minimum Gasteiger partial charge on any atom is -0.357 e. The molecule has 1 aromatic rings. The molecule has 0 radical (unpaired) electrons. The maximum Gasteiger partial charge on any atom is 0.244 e. The molecule has 1 aromatic heterocycles. The SMILES string of the molecule is CCN(CC)C(=O)C(C)Nc1nc(Cl)ncc1Cl. The van der Waals surface area contributed by atoms with E-state index < -0.39 is 6.04 Å². The number of likely N-dealkylation sites (N-methyl/N-ethyl adjacent to an activating group) is 1. The van der Waals surface area contributed by atoms with E-state index in [9.17, 15) is 4.79 Å². The molecule has 0 aliphatic carbocycles. The number of hydrogen-bond donors (Lipinski definition) is 1. The Balaban J connectivity index is 2.77. The summed E-state index contributed by atoms with van der Waals surface area (Å²) in [5, 5.41) is 3.36. The fraction of sp³-hybridized carbons (Fsp3) is 0.545. The van der Waals surface area contributed by atoms with Crippen LogP contribution in [-0.4, -0.2) is 39.9 Å². The summed E-state index contributed by atoms with van der Waals surface area (Å²) in [5.41, 5.74) is 0. The smallest absolute Gasteiger partial charge is 0.244 e. The van der Waals surface area contributed by atoms with Gasteiger partial charge in [-0.1, -0.05) is 11.6 Å². The predicted molar refractivity (Wildman–Crippen MR) is 73.1 cm³/mol. The molecule has 7 heteroatoms. The summed E-state index contributed by atoms with van der Waals surface area (Å²) in [6.07, 6.45) is 1.40. The van der Waals surface area contributed by atoms with Gasteiger partial charge in [0.05, 0.1) is 6.20 Å². The van der Waals surface area contributed by atoms with Crippen LogP contribution in [0.15, 0.2) is 6.20 Å². The first kappa shape index (κ1) is 15.0. The Hall–Kier alpha value is -1.07. The molecule has 100 valence electrons. The molecule has 1 rings (SSSR count). The van der Waals surface area contributed by atoms with E-state index in [1.807, 2.05) is 13.8 Å². The van der Waals surface area contributed by atoms with Crippen molar-refractivity contribution in [3.63, 3.8) is 0 Å². The minimum atomic E-state index is -0.423. The fourth-order valence-corrected chi connectivity index (χ4v) is 1.80. The van der Waals surface area contributed by atoms with Gasteiger partial charge in [0.25, 0.3) is 0 Å². The molecule has 0 aromatic carbocycles. The molecule has 1 atom stereocenters. The molecule has 1 amide bonds. The number of amides is 1. The number of nitrogens with zero attached hydrogens (tertiary/aromatic N) is 3. The third-order valence-corrected chi connectivity index (χ3v) is 2.97. The molecule has 0 saturated heterocycles. The van der Waals surface area contributed by atoms with Gasteiger partial charge in [0.15, 0.2) is 5.82 Å². The van der Waals surface area contributed by atoms with Gasteiger partial charge in [-0.2, -0.15) is 4.98 Å². The van der Waals surface area contributed by atoms with Gasteiger partial charge >= 0.3 is 0 Å². The monoisotopic (exact) mass is 290 g/mol. The van der Waals surface area contributed by atoms with Crippen LogP contribution in [0.4, 0.5) is 5.82 Å². The van der Waals surface area contributed by atoms with Crippen LogP contribution >= 0.6 is 23.2 Å². The van der Waals surface area contributed by atoms with Gasteiger partial charge in [-0.05, 0) is 32.4 Å². The average molecular weight is 291 g/mol. The topological polar surface area (TPSA) is 58.1 Å². The Morgan fingerprint density at radius 3 is 2.61 bits per heavy atom. The van der Waals surface area contributed by atoms with E-state index in [1.165, 1.54) is 6.20 Å². The number of halogens is 2. The van der Waals surface area contributed by atoms with E-state index in [0.29, 0.717) is 23.9 Å². The van der Waals surface area contributed by atoms with Gasteiger partial charge < -0.3 is 10.2 Å². The summed E-state index contributed by atoms with van der Waals surface area (Å²) in [7, 11) is 0. The zero-order valence-electron chi connectivity index (χ0n) is 10.6. The molecule has 0 saturated carbocycles. The minimum absolute atomic E-state index is 0.00852. The van der Waals surface area contributed by atoms with Gasteiger partial charge in [0.2, 0.25) is 11.2 Å². The molecule has 18 heavy (non-hydrogen) atoms. The van der Waals surface area contributed by atoms with Gasteiger partial charge in [0, 0.05) is 13.1 Å². The van der Waals surface area contributed by atoms with Crippen molar-refractivity contribution in [1.29, 1.82) is 0 Å². The number of hydrogen-bond acceptors (Lipinski definition) is 4. The molecule has 0 bridgehead atoms. The summed E-state index contributed by atoms with van der Waals surface area (Å²) in [5.74, 6) is 0.357. The summed E-state index contributed by atoms with van der Waals surface area (Å²) in [4.78, 5) is 21.5. The van der Waals surface area contributed by atoms with E-state index >= 15 is 0 Å². The third kappa shape index (κ3) is 3.71. The fourth-order valence-electron chi connectivity index (χ4n) is 1.52. The second-order valence-corrected chi connectivity index (χ2v) is 4.46. The highest BCUT2D eigenvalue weighted by Crippen LogP contribution is 2.20. The lowest BCUT2D eigenvalue weighted by Gasteiger charge is -2.23. The second kappa shape index (κ2) is 6.75. The highest BCUT2D eigenvalue weighted by Gasteiger charge is 2.19. The molecule has 0 fully saturated rings. The van der Waals surface area contributed by atoms with Crippen LogP contribution in [0, 0.1) is 0 Å². The molecule has 1 unspecified atom stereocenters. The molecular formula is C11H16Cl2N4O. The lowest BCUT2D eigenvalue weighted by atomic mass is 10.2. The normalized spacial score (nSPS) is 12.1. The van der Waals surface area contributed by atoms with Crippen LogP contribution in [0.25, 0.3) is 0 Å². The van der Waals surface area contributed by atoms with Crippen LogP contribution < -0.4 is 5.32 Å². The van der Waals surface area contributed by atoms with E-state index in [-0.39, 0.29) is 11.2 Å². The van der Waals surface area contributed by atoms with Gasteiger partial charge in [-0.3, -0.25) is 4.79 Å². The highest BCUT2D eigenvalue weighted by molar-refractivity contribution is 6.33. The first-order chi connectivity index (χ1) is 8.49. The molecular weight excluding hydrogens is 275 g/mol. The molecule has 1 heterocycles. The van der Waals surface area contributed by atoms with Crippen molar-refractivity contribution < 1.29 is 4.79 Å². The van der Waals surface area contributed by atoms with Crippen LogP contribution in [-0.2, 0) is 4.79 Å². The largest absolute Gasteiger partial charge is 0.357 e. The molecule has 1 N–H and O–H groups in total. The Labute approximate surface area is 117 Å². The van der Waals surface area contributed by atoms with Gasteiger partial charge in [0.1, 0.15) is 11.1 Å². The van der Waals surface area contributed by atoms with Crippen LogP contribution in [0.2, 0.25) is 10.3 Å². The lowest BCUT2D eigenvalue weighted by Crippen LogP contribution is -2.41. The first-order valence-electron chi connectivity index (χ1n) is 5.72. The quantitative estimate of drug-likeness (QED) is 0.847. The van der Waals surface area contributed by atoms with Crippen molar-refractivity contribution in [3.05, 3.63) is 16.5 Å². The van der Waals surface area contributed by atoms with Gasteiger partial charge in [-0.15, -0.1) is 0 Å². The number of rotatable bonds is 5. The first-order valence-corrected chi connectivity index (χ1v) is 6.48. The van der Waals surface area contributed by atoms with Crippen LogP contribution in [0.1, 0.15) is 20.8 Å². The van der Waals surface area contributed by atoms with Crippen molar-refractivity contribution in [2.75, 3.05) is 18.4 Å². The van der Waals surface area contributed by atoms with Crippen molar-refractivity contribution in [2.45, 2.75) is 26.8 Å². The maximum atomic E-state index is 12.0. The Kier molecular flexibility index (Phi) is 5.62. The second-order valence-electron chi connectivity index (χ2n) is 3.71. The summed E-state index contributed by atoms with van der Waals surface area (Å²) >= 11 is 11.6. The number of carbonyl (C=O) groups is 1. The van der Waals surface area contributed by atoms with Gasteiger partial charge in [-0.25, -0.2) is 4.98 Å². The van der Waals surface area contributed by atoms with E-state index in [2.05, 4.69) is 15.3 Å². The Morgan fingerprint density at radius 1 is 1.44 bits per heavy atom. The number of aromatic nitrogens is 2. The zero-order valence-corrected chi connectivity index (χ0v) is 12.1. The molecule has 5 nitrogen and oxygen atoms in total. The van der Waals surface area contributed by atoms with E-state index in [4.69, 9.17) is 23.2 Å². The molecule has 0 aliphatic heterocycles. The highest BCUT2D eigenvalue weighted by atomic mass is 35.5.